The molecule has 0 aliphatic carbocycles. The highest BCUT2D eigenvalue weighted by atomic mass is 16.7. The van der Waals surface area contributed by atoms with Crippen molar-refractivity contribution in [2.45, 2.75) is 64.3 Å². The van der Waals surface area contributed by atoms with E-state index in [9.17, 15) is 14.7 Å². The molecule has 0 radical (unpaired) electrons. The van der Waals surface area contributed by atoms with Crippen LogP contribution in [0.15, 0.2) is 41.0 Å². The summed E-state index contributed by atoms with van der Waals surface area (Å²) in [5.74, 6) is 0.473. The molecular formula is C28H38N2O6. The number of hydrogen-bond acceptors (Lipinski definition) is 6. The second-order valence-electron chi connectivity index (χ2n) is 9.79. The highest BCUT2D eigenvalue weighted by Crippen LogP contribution is 2.43. The number of rotatable bonds is 13. The second kappa shape index (κ2) is 12.3. The molecule has 0 unspecified atom stereocenters. The van der Waals surface area contributed by atoms with Crippen molar-refractivity contribution in [2.75, 3.05) is 33.0 Å². The molecule has 1 saturated heterocycles. The topological polar surface area (TPSA) is 92.5 Å². The number of amides is 1. The van der Waals surface area contributed by atoms with Gasteiger partial charge < -0.3 is 23.9 Å². The number of carboxylic acid groups (broad SMARTS) is 1. The average molecular weight is 499 g/mol. The lowest BCUT2D eigenvalue weighted by molar-refractivity contribution is -0.143. The van der Waals surface area contributed by atoms with E-state index in [1.54, 1.807) is 6.26 Å². The fourth-order valence-corrected chi connectivity index (χ4v) is 5.41. The van der Waals surface area contributed by atoms with E-state index in [0.29, 0.717) is 30.9 Å². The van der Waals surface area contributed by atoms with Crippen LogP contribution in [0, 0.1) is 5.92 Å². The third-order valence-corrected chi connectivity index (χ3v) is 7.38. The Morgan fingerprint density at radius 2 is 1.83 bits per heavy atom. The SMILES string of the molecule is CCCCN(CCCC)C(=O)CN1C[C@H](c2ccc3c(c2)OCO3)[C@@H](C(=O)O)[C@@H]1CCc1ccco1. The van der Waals surface area contributed by atoms with Gasteiger partial charge in [0, 0.05) is 38.0 Å². The lowest BCUT2D eigenvalue weighted by Crippen LogP contribution is -2.44. The Morgan fingerprint density at radius 1 is 1.08 bits per heavy atom. The number of likely N-dealkylation sites (tertiary alicyclic amines) is 1. The van der Waals surface area contributed by atoms with Crippen LogP contribution in [0.1, 0.15) is 63.2 Å². The summed E-state index contributed by atoms with van der Waals surface area (Å²) in [6, 6.07) is 9.14. The first-order valence-electron chi connectivity index (χ1n) is 13.2. The molecule has 0 spiro atoms. The van der Waals surface area contributed by atoms with Crippen LogP contribution in [0.25, 0.3) is 0 Å². The summed E-state index contributed by atoms with van der Waals surface area (Å²) in [6.45, 7) is 6.63. The maximum Gasteiger partial charge on any atom is 0.308 e. The molecule has 8 heteroatoms. The van der Waals surface area contributed by atoms with Crippen molar-refractivity contribution in [1.82, 2.24) is 9.80 Å². The van der Waals surface area contributed by atoms with Crippen molar-refractivity contribution < 1.29 is 28.6 Å². The Hall–Kier alpha value is -3.00. The summed E-state index contributed by atoms with van der Waals surface area (Å²) < 4.78 is 16.5. The third-order valence-electron chi connectivity index (χ3n) is 7.38. The van der Waals surface area contributed by atoms with Gasteiger partial charge in [-0.25, -0.2) is 0 Å². The van der Waals surface area contributed by atoms with Gasteiger partial charge in [-0.1, -0.05) is 32.8 Å². The quantitative estimate of drug-likeness (QED) is 0.433. The van der Waals surface area contributed by atoms with Crippen LogP contribution >= 0.6 is 0 Å². The van der Waals surface area contributed by atoms with Crippen LogP contribution in [-0.2, 0) is 16.0 Å². The van der Waals surface area contributed by atoms with E-state index >= 15 is 0 Å². The Morgan fingerprint density at radius 3 is 2.50 bits per heavy atom. The van der Waals surface area contributed by atoms with Gasteiger partial charge in [0.2, 0.25) is 12.7 Å². The molecule has 1 aromatic carbocycles. The normalized spacial score (nSPS) is 21.1. The Bertz CT molecular complexity index is 999. The van der Waals surface area contributed by atoms with Crippen LogP contribution in [0.2, 0.25) is 0 Å². The summed E-state index contributed by atoms with van der Waals surface area (Å²) >= 11 is 0. The maximum atomic E-state index is 13.4. The molecule has 2 aliphatic heterocycles. The zero-order valence-electron chi connectivity index (χ0n) is 21.4. The molecule has 1 fully saturated rings. The molecular weight excluding hydrogens is 460 g/mol. The molecule has 3 atom stereocenters. The van der Waals surface area contributed by atoms with Crippen LogP contribution in [0.4, 0.5) is 0 Å². The number of benzene rings is 1. The maximum absolute atomic E-state index is 13.4. The van der Waals surface area contributed by atoms with Gasteiger partial charge in [-0.3, -0.25) is 14.5 Å². The summed E-state index contributed by atoms with van der Waals surface area (Å²) in [5, 5.41) is 10.4. The van der Waals surface area contributed by atoms with Crippen molar-refractivity contribution >= 4 is 11.9 Å². The van der Waals surface area contributed by atoms with Crippen molar-refractivity contribution in [3.05, 3.63) is 47.9 Å². The highest BCUT2D eigenvalue weighted by molar-refractivity contribution is 5.79. The van der Waals surface area contributed by atoms with E-state index in [1.165, 1.54) is 0 Å². The third kappa shape index (κ3) is 6.03. The molecule has 1 N–H and O–H groups in total. The Labute approximate surface area is 213 Å². The van der Waals surface area contributed by atoms with E-state index < -0.39 is 11.9 Å². The largest absolute Gasteiger partial charge is 0.481 e. The number of carboxylic acids is 1. The number of ether oxygens (including phenoxy) is 2. The zero-order chi connectivity index (χ0) is 25.5. The first kappa shape index (κ1) is 26.1. The van der Waals surface area contributed by atoms with E-state index in [-0.39, 0.29) is 31.2 Å². The number of carbonyl (C=O) groups excluding carboxylic acids is 1. The number of fused-ring (bicyclic) bond motifs is 1. The number of nitrogens with zero attached hydrogens (tertiary/aromatic N) is 2. The molecule has 36 heavy (non-hydrogen) atoms. The zero-order valence-corrected chi connectivity index (χ0v) is 21.4. The monoisotopic (exact) mass is 498 g/mol. The Balaban J connectivity index is 1.58. The van der Waals surface area contributed by atoms with Gasteiger partial charge in [-0.15, -0.1) is 0 Å². The molecule has 8 nitrogen and oxygen atoms in total. The molecule has 0 saturated carbocycles. The van der Waals surface area contributed by atoms with Gasteiger partial charge >= 0.3 is 5.97 Å². The van der Waals surface area contributed by atoms with Gasteiger partial charge in [0.05, 0.1) is 18.7 Å². The van der Waals surface area contributed by atoms with Crippen LogP contribution in [-0.4, -0.2) is 65.8 Å². The van der Waals surface area contributed by atoms with Crippen molar-refractivity contribution in [3.8, 4) is 11.5 Å². The fourth-order valence-electron chi connectivity index (χ4n) is 5.41. The number of unbranched alkanes of at least 4 members (excludes halogenated alkanes) is 2. The van der Waals surface area contributed by atoms with Gasteiger partial charge in [0.25, 0.3) is 0 Å². The van der Waals surface area contributed by atoms with E-state index in [0.717, 1.165) is 50.1 Å². The molecule has 2 aromatic rings. The number of aryl methyl sites for hydroxylation is 1. The summed E-state index contributed by atoms with van der Waals surface area (Å²) in [7, 11) is 0. The number of hydrogen-bond donors (Lipinski definition) is 1. The van der Waals surface area contributed by atoms with Gasteiger partial charge in [-0.2, -0.15) is 0 Å². The predicted octanol–water partition coefficient (Wildman–Crippen LogP) is 4.54. The standard InChI is InChI=1S/C28H38N2O6/c1-3-5-13-29(14-6-4-2)26(31)18-30-17-22(20-9-12-24-25(16-20)36-19-35-24)27(28(32)33)23(30)11-10-21-8-7-15-34-21/h7-9,12,15-16,22-23,27H,3-6,10-11,13-14,17-19H2,1-2H3,(H,32,33)/t22-,23+,27-/m1/s1. The van der Waals surface area contributed by atoms with Crippen LogP contribution < -0.4 is 9.47 Å². The van der Waals surface area contributed by atoms with Crippen molar-refractivity contribution in [2.24, 2.45) is 5.92 Å². The Kier molecular flexibility index (Phi) is 8.91. The predicted molar refractivity (Wildman–Crippen MR) is 135 cm³/mol. The average Bonchev–Trinajstić information content (AvgIpc) is 3.62. The minimum absolute atomic E-state index is 0.0791. The molecule has 196 valence electrons. The lowest BCUT2D eigenvalue weighted by Gasteiger charge is -2.29. The number of furan rings is 1. The van der Waals surface area contributed by atoms with Gasteiger partial charge in [0.1, 0.15) is 5.76 Å². The second-order valence-corrected chi connectivity index (χ2v) is 9.79. The lowest BCUT2D eigenvalue weighted by atomic mass is 9.83. The highest BCUT2D eigenvalue weighted by Gasteiger charge is 2.47. The molecule has 2 aliphatic rings. The molecule has 1 amide bonds. The van der Waals surface area contributed by atoms with Gasteiger partial charge in [0.15, 0.2) is 11.5 Å². The fraction of sp³-hybridized carbons (Fsp3) is 0.571. The van der Waals surface area contributed by atoms with E-state index in [1.807, 2.05) is 35.2 Å². The first-order valence-corrected chi connectivity index (χ1v) is 13.2. The van der Waals surface area contributed by atoms with Crippen molar-refractivity contribution in [1.29, 1.82) is 0 Å². The molecule has 0 bridgehead atoms. The minimum Gasteiger partial charge on any atom is -0.481 e. The summed E-state index contributed by atoms with van der Waals surface area (Å²) in [5.41, 5.74) is 0.901. The van der Waals surface area contributed by atoms with E-state index in [2.05, 4.69) is 18.7 Å². The molecule has 1 aromatic heterocycles. The first-order chi connectivity index (χ1) is 17.5. The summed E-state index contributed by atoms with van der Waals surface area (Å²) in [6.07, 6.45) is 6.84. The number of aliphatic carboxylic acids is 1. The molecule has 3 heterocycles. The number of carbonyl (C=O) groups is 2. The summed E-state index contributed by atoms with van der Waals surface area (Å²) in [4.78, 5) is 30.1. The van der Waals surface area contributed by atoms with Gasteiger partial charge in [-0.05, 0) is 49.1 Å². The van der Waals surface area contributed by atoms with E-state index in [4.69, 9.17) is 13.9 Å². The van der Waals surface area contributed by atoms with Crippen molar-refractivity contribution in [3.63, 3.8) is 0 Å². The van der Waals surface area contributed by atoms with Crippen LogP contribution in [0.5, 0.6) is 11.5 Å². The van der Waals surface area contributed by atoms with Crippen LogP contribution in [0.3, 0.4) is 0 Å². The smallest absolute Gasteiger partial charge is 0.308 e. The minimum atomic E-state index is -0.842. The molecule has 4 rings (SSSR count).